The normalized spacial score (nSPS) is 14.5. The number of amides is 1. The number of piperazine rings is 1. The average Bonchev–Trinajstić information content (AvgIpc) is 3.18. The second-order valence-electron chi connectivity index (χ2n) is 8.40. The van der Waals surface area contributed by atoms with Gasteiger partial charge in [-0.1, -0.05) is 48.0 Å². The van der Waals surface area contributed by atoms with Crippen LogP contribution in [-0.4, -0.2) is 57.4 Å². The van der Waals surface area contributed by atoms with Gasteiger partial charge < -0.3 is 4.90 Å². The molecule has 32 heavy (non-hydrogen) atoms. The number of aromatic nitrogens is 2. The van der Waals surface area contributed by atoms with E-state index in [1.54, 1.807) is 12.1 Å². The lowest BCUT2D eigenvalue weighted by molar-refractivity contribution is 0.0625. The highest BCUT2D eigenvalue weighted by atomic mass is 16.2. The van der Waals surface area contributed by atoms with Gasteiger partial charge in [0.25, 0.3) is 5.91 Å². The molecule has 0 radical (unpaired) electrons. The van der Waals surface area contributed by atoms with Gasteiger partial charge in [0.2, 0.25) is 0 Å². The van der Waals surface area contributed by atoms with Crippen LogP contribution in [0, 0.1) is 13.8 Å². The minimum atomic E-state index is -0.115. The quantitative estimate of drug-likeness (QED) is 0.560. The lowest BCUT2D eigenvalue weighted by atomic mass is 9.97. The Labute approximate surface area is 189 Å². The Balaban J connectivity index is 1.44. The smallest absolute Gasteiger partial charge is 0.254 e. The molecule has 2 aromatic carbocycles. The highest BCUT2D eigenvalue weighted by Crippen LogP contribution is 2.19. The first kappa shape index (κ1) is 22.0. The molecule has 6 heteroatoms. The van der Waals surface area contributed by atoms with E-state index in [1.165, 1.54) is 5.56 Å². The van der Waals surface area contributed by atoms with E-state index in [2.05, 4.69) is 23.1 Å². The molecule has 6 nitrogen and oxygen atoms in total. The maximum absolute atomic E-state index is 13.3. The third-order valence-electron chi connectivity index (χ3n) is 6.14. The average molecular weight is 431 g/mol. The molecule has 1 fully saturated rings. The number of benzene rings is 2. The van der Waals surface area contributed by atoms with Crippen molar-refractivity contribution < 1.29 is 9.59 Å². The largest absolute Gasteiger partial charge is 0.336 e. The molecule has 1 amide bonds. The molecule has 0 bridgehead atoms. The summed E-state index contributed by atoms with van der Waals surface area (Å²) in [4.78, 5) is 30.6. The second-order valence-corrected chi connectivity index (χ2v) is 8.40. The molecule has 1 aliphatic heterocycles. The van der Waals surface area contributed by atoms with Crippen LogP contribution in [0.2, 0.25) is 0 Å². The highest BCUT2D eigenvalue weighted by molar-refractivity contribution is 6.15. The fourth-order valence-corrected chi connectivity index (χ4v) is 4.12. The number of rotatable bonds is 6. The fourth-order valence-electron chi connectivity index (χ4n) is 4.12. The summed E-state index contributed by atoms with van der Waals surface area (Å²) in [7, 11) is 0. The van der Waals surface area contributed by atoms with Crippen molar-refractivity contribution in [1.82, 2.24) is 19.6 Å². The third kappa shape index (κ3) is 4.65. The monoisotopic (exact) mass is 430 g/mol. The van der Waals surface area contributed by atoms with Crippen molar-refractivity contribution in [3.05, 3.63) is 88.2 Å². The molecule has 0 atom stereocenters. The molecular formula is C26H30N4O2. The van der Waals surface area contributed by atoms with Gasteiger partial charge in [-0.15, -0.1) is 0 Å². The van der Waals surface area contributed by atoms with Gasteiger partial charge in [0.1, 0.15) is 0 Å². The number of hydrogen-bond donors (Lipinski definition) is 0. The van der Waals surface area contributed by atoms with Gasteiger partial charge >= 0.3 is 0 Å². The zero-order chi connectivity index (χ0) is 22.7. The van der Waals surface area contributed by atoms with Gasteiger partial charge in [0.15, 0.2) is 5.78 Å². The molecule has 1 aromatic heterocycles. The van der Waals surface area contributed by atoms with Crippen LogP contribution >= 0.6 is 0 Å². The molecule has 0 saturated carbocycles. The van der Waals surface area contributed by atoms with Crippen molar-refractivity contribution in [2.45, 2.75) is 33.9 Å². The zero-order valence-electron chi connectivity index (χ0n) is 19.0. The Hall–Kier alpha value is -3.25. The summed E-state index contributed by atoms with van der Waals surface area (Å²) < 4.78 is 1.96. The Morgan fingerprint density at radius 3 is 2.19 bits per heavy atom. The predicted octanol–water partition coefficient (Wildman–Crippen LogP) is 3.71. The van der Waals surface area contributed by atoms with E-state index in [0.717, 1.165) is 37.4 Å². The maximum Gasteiger partial charge on any atom is 0.254 e. The van der Waals surface area contributed by atoms with Gasteiger partial charge in [0, 0.05) is 62.2 Å². The van der Waals surface area contributed by atoms with E-state index in [9.17, 15) is 9.59 Å². The second kappa shape index (κ2) is 9.49. The lowest BCUT2D eigenvalue weighted by Gasteiger charge is -2.35. The van der Waals surface area contributed by atoms with E-state index in [1.807, 2.05) is 59.8 Å². The molecule has 3 aromatic rings. The van der Waals surface area contributed by atoms with Crippen molar-refractivity contribution >= 4 is 11.7 Å². The molecule has 0 unspecified atom stereocenters. The van der Waals surface area contributed by atoms with Crippen LogP contribution in [0.25, 0.3) is 0 Å². The van der Waals surface area contributed by atoms with Gasteiger partial charge in [-0.05, 0) is 26.8 Å². The number of carbonyl (C=O) groups is 2. The summed E-state index contributed by atoms with van der Waals surface area (Å²) >= 11 is 0. The summed E-state index contributed by atoms with van der Waals surface area (Å²) in [6.07, 6.45) is 2.11. The number of carbonyl (C=O) groups excluding carboxylic acids is 2. The van der Waals surface area contributed by atoms with Crippen LogP contribution < -0.4 is 0 Å². The minimum absolute atomic E-state index is 0.0734. The molecule has 2 heterocycles. The van der Waals surface area contributed by atoms with Gasteiger partial charge in [-0.3, -0.25) is 19.2 Å². The molecule has 0 N–H and O–H groups in total. The standard InChI is InChI=1S/C26H30N4O2/c1-4-30-18-22(20(3)27-30)17-28-13-15-29(16-14-28)26(32)24-8-6-5-7-23(24)25(31)21-11-9-19(2)10-12-21/h5-12,18H,4,13-17H2,1-3H3. The summed E-state index contributed by atoms with van der Waals surface area (Å²) in [6, 6.07) is 14.6. The van der Waals surface area contributed by atoms with Gasteiger partial charge in [0.05, 0.1) is 11.3 Å². The van der Waals surface area contributed by atoms with E-state index < -0.39 is 0 Å². The molecule has 0 aliphatic carbocycles. The van der Waals surface area contributed by atoms with E-state index in [4.69, 9.17) is 0 Å². The number of aryl methyl sites for hydroxylation is 3. The topological polar surface area (TPSA) is 58.4 Å². The van der Waals surface area contributed by atoms with Gasteiger partial charge in [-0.25, -0.2) is 0 Å². The van der Waals surface area contributed by atoms with Crippen LogP contribution in [0.15, 0.2) is 54.7 Å². The SMILES string of the molecule is CCn1cc(CN2CCN(C(=O)c3ccccc3C(=O)c3ccc(C)cc3)CC2)c(C)n1. The highest BCUT2D eigenvalue weighted by Gasteiger charge is 2.26. The molecular weight excluding hydrogens is 400 g/mol. The summed E-state index contributed by atoms with van der Waals surface area (Å²) in [5, 5.41) is 4.53. The van der Waals surface area contributed by atoms with E-state index in [0.29, 0.717) is 29.8 Å². The number of nitrogens with zero attached hydrogens (tertiary/aromatic N) is 4. The van der Waals surface area contributed by atoms with Crippen molar-refractivity contribution in [2.75, 3.05) is 26.2 Å². The zero-order valence-corrected chi connectivity index (χ0v) is 19.0. The molecule has 0 spiro atoms. The Morgan fingerprint density at radius 2 is 1.56 bits per heavy atom. The van der Waals surface area contributed by atoms with Crippen molar-refractivity contribution in [3.63, 3.8) is 0 Å². The maximum atomic E-state index is 13.3. The van der Waals surface area contributed by atoms with Crippen molar-refractivity contribution in [1.29, 1.82) is 0 Å². The Kier molecular flexibility index (Phi) is 6.51. The van der Waals surface area contributed by atoms with Crippen molar-refractivity contribution in [2.24, 2.45) is 0 Å². The van der Waals surface area contributed by atoms with Crippen LogP contribution in [0.4, 0.5) is 0 Å². The fraction of sp³-hybridized carbons (Fsp3) is 0.346. The summed E-state index contributed by atoms with van der Waals surface area (Å²) in [5.41, 5.74) is 4.94. The first-order valence-corrected chi connectivity index (χ1v) is 11.2. The summed E-state index contributed by atoms with van der Waals surface area (Å²) in [5.74, 6) is -0.188. The minimum Gasteiger partial charge on any atom is -0.336 e. The number of ketones is 1. The molecule has 1 saturated heterocycles. The van der Waals surface area contributed by atoms with E-state index >= 15 is 0 Å². The van der Waals surface area contributed by atoms with Crippen molar-refractivity contribution in [3.8, 4) is 0 Å². The Morgan fingerprint density at radius 1 is 0.906 bits per heavy atom. The molecule has 1 aliphatic rings. The van der Waals surface area contributed by atoms with Crippen LogP contribution in [0.5, 0.6) is 0 Å². The van der Waals surface area contributed by atoms with E-state index in [-0.39, 0.29) is 11.7 Å². The van der Waals surface area contributed by atoms with Crippen LogP contribution in [-0.2, 0) is 13.1 Å². The molecule has 166 valence electrons. The number of hydrogen-bond acceptors (Lipinski definition) is 4. The predicted molar refractivity (Wildman–Crippen MR) is 125 cm³/mol. The first-order valence-electron chi connectivity index (χ1n) is 11.2. The van der Waals surface area contributed by atoms with Crippen LogP contribution in [0.1, 0.15) is 50.0 Å². The first-order chi connectivity index (χ1) is 15.5. The Bertz CT molecular complexity index is 1110. The third-order valence-corrected chi connectivity index (χ3v) is 6.14. The van der Waals surface area contributed by atoms with Crippen LogP contribution in [0.3, 0.4) is 0 Å². The molecule has 4 rings (SSSR count). The lowest BCUT2D eigenvalue weighted by Crippen LogP contribution is -2.48. The van der Waals surface area contributed by atoms with Gasteiger partial charge in [-0.2, -0.15) is 5.10 Å². The summed E-state index contributed by atoms with van der Waals surface area (Å²) in [6.45, 7) is 10.7.